The number of rotatable bonds is 9. The molecule has 2 rings (SSSR count). The SMILES string of the molecule is COc1cc(CCC(C)CCc2ccccc2)ccc1O[Si](C)(C)C(C)(C)C. The topological polar surface area (TPSA) is 18.5 Å². The van der Waals surface area contributed by atoms with E-state index in [-0.39, 0.29) is 5.04 Å². The summed E-state index contributed by atoms with van der Waals surface area (Å²) in [6, 6.07) is 17.2. The third kappa shape index (κ3) is 6.41. The molecule has 1 atom stereocenters. The second-order valence-corrected chi connectivity index (χ2v) is 14.2. The van der Waals surface area contributed by atoms with E-state index >= 15 is 0 Å². The fraction of sp³-hybridized carbons (Fsp3) is 0.520. The van der Waals surface area contributed by atoms with E-state index in [0.717, 1.165) is 24.3 Å². The number of ether oxygens (including phenoxy) is 1. The van der Waals surface area contributed by atoms with Gasteiger partial charge in [-0.2, -0.15) is 0 Å². The minimum absolute atomic E-state index is 0.171. The van der Waals surface area contributed by atoms with Crippen LogP contribution in [-0.4, -0.2) is 15.4 Å². The van der Waals surface area contributed by atoms with E-state index in [1.807, 2.05) is 0 Å². The fourth-order valence-electron chi connectivity index (χ4n) is 2.99. The van der Waals surface area contributed by atoms with Gasteiger partial charge in [0.1, 0.15) is 5.75 Å². The molecule has 1 unspecified atom stereocenters. The Hall–Kier alpha value is -1.74. The molecule has 0 saturated heterocycles. The van der Waals surface area contributed by atoms with Crippen LogP contribution in [0, 0.1) is 5.92 Å². The highest BCUT2D eigenvalue weighted by Crippen LogP contribution is 2.40. The Morgan fingerprint density at radius 3 is 2.04 bits per heavy atom. The van der Waals surface area contributed by atoms with Gasteiger partial charge in [0, 0.05) is 0 Å². The molecule has 154 valence electrons. The second kappa shape index (κ2) is 9.64. The smallest absolute Gasteiger partial charge is 0.250 e. The zero-order valence-electron chi connectivity index (χ0n) is 18.8. The molecule has 0 radical (unpaired) electrons. The van der Waals surface area contributed by atoms with Gasteiger partial charge in [0.2, 0.25) is 0 Å². The van der Waals surface area contributed by atoms with E-state index in [9.17, 15) is 0 Å². The van der Waals surface area contributed by atoms with Crippen molar-refractivity contribution >= 4 is 8.32 Å². The predicted molar refractivity (Wildman–Crippen MR) is 123 cm³/mol. The third-order valence-corrected chi connectivity index (χ3v) is 10.4. The lowest BCUT2D eigenvalue weighted by Crippen LogP contribution is -2.43. The standard InChI is InChI=1S/C25H38O2Si/c1-20(13-15-21-11-9-8-10-12-21)14-16-22-17-18-23(24(19-22)26-5)27-28(6,7)25(2,3)4/h8-12,17-20H,13-16H2,1-7H3. The average Bonchev–Trinajstić information content (AvgIpc) is 2.65. The Bertz CT molecular complexity index is 732. The molecule has 28 heavy (non-hydrogen) atoms. The lowest BCUT2D eigenvalue weighted by molar-refractivity contribution is 0.385. The van der Waals surface area contributed by atoms with Crippen LogP contribution in [0.3, 0.4) is 0 Å². The molecule has 0 N–H and O–H groups in total. The average molecular weight is 399 g/mol. The van der Waals surface area contributed by atoms with Crippen LogP contribution in [-0.2, 0) is 12.8 Å². The van der Waals surface area contributed by atoms with Crippen molar-refractivity contribution in [1.29, 1.82) is 0 Å². The van der Waals surface area contributed by atoms with Gasteiger partial charge >= 0.3 is 0 Å². The van der Waals surface area contributed by atoms with Crippen molar-refractivity contribution in [3.05, 3.63) is 59.7 Å². The van der Waals surface area contributed by atoms with Crippen molar-refractivity contribution in [3.63, 3.8) is 0 Å². The van der Waals surface area contributed by atoms with Crippen LogP contribution in [0.1, 0.15) is 51.7 Å². The number of hydrogen-bond donors (Lipinski definition) is 0. The van der Waals surface area contributed by atoms with Gasteiger partial charge in [0.15, 0.2) is 5.75 Å². The first-order valence-electron chi connectivity index (χ1n) is 10.5. The summed E-state index contributed by atoms with van der Waals surface area (Å²) in [6.07, 6.45) is 4.66. The summed E-state index contributed by atoms with van der Waals surface area (Å²) in [7, 11) is -0.134. The molecular weight excluding hydrogens is 360 g/mol. The minimum atomic E-state index is -1.87. The van der Waals surface area contributed by atoms with Gasteiger partial charge in [0.25, 0.3) is 8.32 Å². The molecular formula is C25H38O2Si. The largest absolute Gasteiger partial charge is 0.541 e. The first kappa shape index (κ1) is 22.5. The molecule has 0 aliphatic carbocycles. The van der Waals surface area contributed by atoms with E-state index < -0.39 is 8.32 Å². The quantitative estimate of drug-likeness (QED) is 0.413. The Balaban J connectivity index is 1.94. The number of methoxy groups -OCH3 is 1. The van der Waals surface area contributed by atoms with Gasteiger partial charge in [-0.05, 0) is 73.0 Å². The maximum atomic E-state index is 6.47. The zero-order chi connectivity index (χ0) is 20.8. The molecule has 2 aromatic carbocycles. The van der Waals surface area contributed by atoms with Crippen molar-refractivity contribution in [3.8, 4) is 11.5 Å². The highest BCUT2D eigenvalue weighted by Gasteiger charge is 2.39. The van der Waals surface area contributed by atoms with Gasteiger partial charge in [-0.25, -0.2) is 0 Å². The van der Waals surface area contributed by atoms with Gasteiger partial charge < -0.3 is 9.16 Å². The van der Waals surface area contributed by atoms with Crippen LogP contribution in [0.15, 0.2) is 48.5 Å². The highest BCUT2D eigenvalue weighted by molar-refractivity contribution is 6.74. The Kier molecular flexibility index (Phi) is 7.76. The zero-order valence-corrected chi connectivity index (χ0v) is 19.8. The van der Waals surface area contributed by atoms with Gasteiger partial charge in [-0.15, -0.1) is 0 Å². The Morgan fingerprint density at radius 2 is 1.46 bits per heavy atom. The van der Waals surface area contributed by atoms with Crippen LogP contribution >= 0.6 is 0 Å². The summed E-state index contributed by atoms with van der Waals surface area (Å²) < 4.78 is 12.1. The van der Waals surface area contributed by atoms with Gasteiger partial charge in [-0.3, -0.25) is 0 Å². The normalized spacial score (nSPS) is 13.2. The summed E-state index contributed by atoms with van der Waals surface area (Å²) in [5.74, 6) is 2.45. The van der Waals surface area contributed by atoms with Crippen molar-refractivity contribution in [2.24, 2.45) is 5.92 Å². The van der Waals surface area contributed by atoms with Crippen molar-refractivity contribution in [2.75, 3.05) is 7.11 Å². The molecule has 2 aromatic rings. The van der Waals surface area contributed by atoms with Crippen molar-refractivity contribution in [1.82, 2.24) is 0 Å². The molecule has 0 spiro atoms. The molecule has 0 aliphatic rings. The van der Waals surface area contributed by atoms with E-state index in [2.05, 4.69) is 89.3 Å². The molecule has 0 heterocycles. The molecule has 2 nitrogen and oxygen atoms in total. The predicted octanol–water partition coefficient (Wildman–Crippen LogP) is 7.28. The highest BCUT2D eigenvalue weighted by atomic mass is 28.4. The summed E-state index contributed by atoms with van der Waals surface area (Å²) >= 11 is 0. The molecule has 0 fully saturated rings. The number of aryl methyl sites for hydroxylation is 2. The maximum Gasteiger partial charge on any atom is 0.250 e. The fourth-order valence-corrected chi connectivity index (χ4v) is 4.02. The number of hydrogen-bond acceptors (Lipinski definition) is 2. The summed E-state index contributed by atoms with van der Waals surface area (Å²) in [4.78, 5) is 0. The molecule has 3 heteroatoms. The van der Waals surface area contributed by atoms with Gasteiger partial charge in [0.05, 0.1) is 7.11 Å². The molecule has 0 saturated carbocycles. The second-order valence-electron chi connectivity index (χ2n) is 9.52. The summed E-state index contributed by atoms with van der Waals surface area (Å²) in [5, 5.41) is 0.171. The van der Waals surface area contributed by atoms with Crippen molar-refractivity contribution in [2.45, 2.75) is 71.5 Å². The lowest BCUT2D eigenvalue weighted by atomic mass is 9.95. The van der Waals surface area contributed by atoms with Crippen LogP contribution in [0.25, 0.3) is 0 Å². The van der Waals surface area contributed by atoms with Crippen LogP contribution in [0.4, 0.5) is 0 Å². The van der Waals surface area contributed by atoms with E-state index in [0.29, 0.717) is 5.92 Å². The first-order valence-corrected chi connectivity index (χ1v) is 13.4. The van der Waals surface area contributed by atoms with E-state index in [1.165, 1.54) is 24.0 Å². The first-order chi connectivity index (χ1) is 13.1. The van der Waals surface area contributed by atoms with Gasteiger partial charge in [-0.1, -0.05) is 64.1 Å². The minimum Gasteiger partial charge on any atom is -0.541 e. The third-order valence-electron chi connectivity index (χ3n) is 6.09. The molecule has 0 aromatic heterocycles. The maximum absolute atomic E-state index is 6.47. The monoisotopic (exact) mass is 398 g/mol. The summed E-state index contributed by atoms with van der Waals surface area (Å²) in [6.45, 7) is 13.7. The summed E-state index contributed by atoms with van der Waals surface area (Å²) in [5.41, 5.74) is 2.76. The Labute approximate surface area is 173 Å². The van der Waals surface area contributed by atoms with Crippen LogP contribution in [0.2, 0.25) is 18.1 Å². The molecule has 0 aliphatic heterocycles. The Morgan fingerprint density at radius 1 is 0.857 bits per heavy atom. The van der Waals surface area contributed by atoms with Crippen molar-refractivity contribution < 1.29 is 9.16 Å². The van der Waals surface area contributed by atoms with E-state index in [4.69, 9.17) is 9.16 Å². The lowest BCUT2D eigenvalue weighted by Gasteiger charge is -2.36. The molecule has 0 amide bonds. The molecule has 0 bridgehead atoms. The van der Waals surface area contributed by atoms with E-state index in [1.54, 1.807) is 7.11 Å². The van der Waals surface area contributed by atoms with Crippen LogP contribution < -0.4 is 9.16 Å². The van der Waals surface area contributed by atoms with Crippen LogP contribution in [0.5, 0.6) is 11.5 Å². The number of benzene rings is 2.